The van der Waals surface area contributed by atoms with E-state index in [-0.39, 0.29) is 5.28 Å². The van der Waals surface area contributed by atoms with Gasteiger partial charge in [0, 0.05) is 6.20 Å². The lowest BCUT2D eigenvalue weighted by molar-refractivity contribution is 0.133. The van der Waals surface area contributed by atoms with Gasteiger partial charge in [0.05, 0.1) is 16.1 Å². The number of aliphatic hydroxyl groups is 1. The Morgan fingerprint density at radius 1 is 1.60 bits per heavy atom. The lowest BCUT2D eigenvalue weighted by Crippen LogP contribution is -2.42. The van der Waals surface area contributed by atoms with Crippen molar-refractivity contribution in [1.82, 2.24) is 9.97 Å². The zero-order valence-electron chi connectivity index (χ0n) is 8.75. The van der Waals surface area contributed by atoms with Crippen LogP contribution in [0.2, 0.25) is 5.28 Å². The molecule has 0 aliphatic rings. The average Bonchev–Trinajstić information content (AvgIpc) is 2.10. The first kappa shape index (κ1) is 12.7. The summed E-state index contributed by atoms with van der Waals surface area (Å²) >= 11 is 8.98. The van der Waals surface area contributed by atoms with Crippen LogP contribution in [0.5, 0.6) is 0 Å². The standard InChI is InChI=1S/C9H13BrClN3O/c1-5(15)9(2,3)14-7-6(10)4-12-8(11)13-7/h4-5,15H,1-3H3,(H,12,13,14). The molecule has 15 heavy (non-hydrogen) atoms. The van der Waals surface area contributed by atoms with Crippen molar-refractivity contribution in [1.29, 1.82) is 0 Å². The van der Waals surface area contributed by atoms with E-state index in [0.29, 0.717) is 10.3 Å². The van der Waals surface area contributed by atoms with Crippen LogP contribution >= 0.6 is 27.5 Å². The number of hydrogen-bond donors (Lipinski definition) is 2. The summed E-state index contributed by atoms with van der Waals surface area (Å²) in [4.78, 5) is 7.84. The van der Waals surface area contributed by atoms with Crippen LogP contribution in [0.4, 0.5) is 5.82 Å². The third-order valence-electron chi connectivity index (χ3n) is 2.20. The fourth-order valence-electron chi connectivity index (χ4n) is 0.843. The molecular formula is C9H13BrClN3O. The van der Waals surface area contributed by atoms with Gasteiger partial charge in [-0.1, -0.05) is 0 Å². The largest absolute Gasteiger partial charge is 0.391 e. The van der Waals surface area contributed by atoms with Gasteiger partial charge in [-0.2, -0.15) is 4.98 Å². The van der Waals surface area contributed by atoms with E-state index >= 15 is 0 Å². The summed E-state index contributed by atoms with van der Waals surface area (Å²) in [5.41, 5.74) is -0.486. The van der Waals surface area contributed by atoms with Gasteiger partial charge >= 0.3 is 0 Å². The summed E-state index contributed by atoms with van der Waals surface area (Å²) in [6, 6.07) is 0. The maximum absolute atomic E-state index is 9.55. The molecule has 1 heterocycles. The number of rotatable bonds is 3. The molecule has 0 spiro atoms. The lowest BCUT2D eigenvalue weighted by atomic mass is 9.99. The topological polar surface area (TPSA) is 58.0 Å². The van der Waals surface area contributed by atoms with Crippen molar-refractivity contribution in [2.75, 3.05) is 5.32 Å². The molecule has 84 valence electrons. The number of aliphatic hydroxyl groups excluding tert-OH is 1. The second-order valence-corrected chi connectivity index (χ2v) is 5.05. The Balaban J connectivity index is 2.94. The molecule has 0 aliphatic carbocycles. The Kier molecular flexibility index (Phi) is 3.92. The van der Waals surface area contributed by atoms with Crippen LogP contribution in [0.3, 0.4) is 0 Å². The Labute approximate surface area is 102 Å². The van der Waals surface area contributed by atoms with Crippen LogP contribution in [-0.2, 0) is 0 Å². The highest BCUT2D eigenvalue weighted by atomic mass is 79.9. The van der Waals surface area contributed by atoms with Crippen molar-refractivity contribution in [2.24, 2.45) is 0 Å². The van der Waals surface area contributed by atoms with Crippen LogP contribution in [0.15, 0.2) is 10.7 Å². The van der Waals surface area contributed by atoms with Crippen molar-refractivity contribution < 1.29 is 5.11 Å². The fraction of sp³-hybridized carbons (Fsp3) is 0.556. The van der Waals surface area contributed by atoms with Crippen LogP contribution < -0.4 is 5.32 Å². The molecule has 0 radical (unpaired) electrons. The van der Waals surface area contributed by atoms with Gasteiger partial charge in [-0.15, -0.1) is 0 Å². The number of anilines is 1. The van der Waals surface area contributed by atoms with Crippen LogP contribution in [0.25, 0.3) is 0 Å². The molecule has 6 heteroatoms. The third kappa shape index (κ3) is 3.29. The minimum Gasteiger partial charge on any atom is -0.391 e. The molecule has 1 aromatic rings. The first-order valence-electron chi connectivity index (χ1n) is 4.47. The number of hydrogen-bond acceptors (Lipinski definition) is 4. The van der Waals surface area contributed by atoms with E-state index in [1.807, 2.05) is 13.8 Å². The molecule has 2 N–H and O–H groups in total. The normalized spacial score (nSPS) is 13.7. The highest BCUT2D eigenvalue weighted by molar-refractivity contribution is 9.10. The lowest BCUT2D eigenvalue weighted by Gasteiger charge is -2.30. The molecular weight excluding hydrogens is 281 g/mol. The van der Waals surface area contributed by atoms with E-state index in [0.717, 1.165) is 0 Å². The number of nitrogens with one attached hydrogen (secondary N) is 1. The zero-order chi connectivity index (χ0) is 11.6. The fourth-order valence-corrected chi connectivity index (χ4v) is 1.27. The van der Waals surface area contributed by atoms with Crippen molar-refractivity contribution >= 4 is 33.3 Å². The number of aromatic nitrogens is 2. The molecule has 0 aromatic carbocycles. The number of nitrogens with zero attached hydrogens (tertiary/aromatic N) is 2. The highest BCUT2D eigenvalue weighted by Crippen LogP contribution is 2.24. The maximum Gasteiger partial charge on any atom is 0.224 e. The van der Waals surface area contributed by atoms with Gasteiger partial charge in [-0.3, -0.25) is 0 Å². The second-order valence-electron chi connectivity index (χ2n) is 3.86. The summed E-state index contributed by atoms with van der Waals surface area (Å²) in [6.07, 6.45) is 1.05. The van der Waals surface area contributed by atoms with Crippen LogP contribution in [0.1, 0.15) is 20.8 Å². The molecule has 1 aromatic heterocycles. The molecule has 0 fully saturated rings. The van der Waals surface area contributed by atoms with Gasteiger partial charge in [0.25, 0.3) is 0 Å². The molecule has 0 amide bonds. The third-order valence-corrected chi connectivity index (χ3v) is 2.96. The average molecular weight is 295 g/mol. The summed E-state index contributed by atoms with van der Waals surface area (Å²) in [5, 5.41) is 12.8. The minimum absolute atomic E-state index is 0.169. The molecule has 1 rings (SSSR count). The maximum atomic E-state index is 9.55. The second kappa shape index (κ2) is 4.63. The summed E-state index contributed by atoms with van der Waals surface area (Å²) < 4.78 is 0.709. The van der Waals surface area contributed by atoms with E-state index in [1.165, 1.54) is 0 Å². The van der Waals surface area contributed by atoms with Crippen molar-refractivity contribution in [3.8, 4) is 0 Å². The minimum atomic E-state index is -0.516. The highest BCUT2D eigenvalue weighted by Gasteiger charge is 2.25. The molecule has 1 atom stereocenters. The Bertz CT molecular complexity index is 357. The van der Waals surface area contributed by atoms with Crippen molar-refractivity contribution in [3.05, 3.63) is 16.0 Å². The Hall–Kier alpha value is -0.390. The van der Waals surface area contributed by atoms with E-state index in [4.69, 9.17) is 11.6 Å². The van der Waals surface area contributed by atoms with Crippen molar-refractivity contribution in [3.63, 3.8) is 0 Å². The first-order chi connectivity index (χ1) is 6.83. The molecule has 1 unspecified atom stereocenters. The molecule has 0 saturated carbocycles. The first-order valence-corrected chi connectivity index (χ1v) is 5.64. The molecule has 0 aliphatic heterocycles. The smallest absolute Gasteiger partial charge is 0.224 e. The van der Waals surface area contributed by atoms with E-state index < -0.39 is 11.6 Å². The van der Waals surface area contributed by atoms with Gasteiger partial charge in [0.1, 0.15) is 5.82 Å². The summed E-state index contributed by atoms with van der Waals surface area (Å²) in [7, 11) is 0. The summed E-state index contributed by atoms with van der Waals surface area (Å²) in [6.45, 7) is 5.46. The van der Waals surface area contributed by atoms with E-state index in [9.17, 15) is 5.11 Å². The zero-order valence-corrected chi connectivity index (χ0v) is 11.1. The van der Waals surface area contributed by atoms with Gasteiger partial charge in [0.2, 0.25) is 5.28 Å². The van der Waals surface area contributed by atoms with E-state index in [2.05, 4.69) is 31.2 Å². The Morgan fingerprint density at radius 2 is 2.20 bits per heavy atom. The Morgan fingerprint density at radius 3 is 2.73 bits per heavy atom. The van der Waals surface area contributed by atoms with Crippen LogP contribution in [-0.4, -0.2) is 26.7 Å². The predicted molar refractivity (Wildman–Crippen MR) is 64.1 cm³/mol. The monoisotopic (exact) mass is 293 g/mol. The van der Waals surface area contributed by atoms with Gasteiger partial charge < -0.3 is 10.4 Å². The molecule has 4 nitrogen and oxygen atoms in total. The molecule has 0 bridgehead atoms. The van der Waals surface area contributed by atoms with Crippen molar-refractivity contribution in [2.45, 2.75) is 32.4 Å². The number of halogens is 2. The van der Waals surface area contributed by atoms with Crippen LogP contribution in [0, 0.1) is 0 Å². The van der Waals surface area contributed by atoms with E-state index in [1.54, 1.807) is 13.1 Å². The van der Waals surface area contributed by atoms with Gasteiger partial charge in [0.15, 0.2) is 0 Å². The molecule has 0 saturated heterocycles. The summed E-state index contributed by atoms with van der Waals surface area (Å²) in [5.74, 6) is 0.570. The van der Waals surface area contributed by atoms with Gasteiger partial charge in [-0.05, 0) is 48.3 Å². The SMILES string of the molecule is CC(O)C(C)(C)Nc1nc(Cl)ncc1Br. The quantitative estimate of drug-likeness (QED) is 0.841. The van der Waals surface area contributed by atoms with Gasteiger partial charge in [-0.25, -0.2) is 4.98 Å². The predicted octanol–water partition coefficient (Wildman–Crippen LogP) is 2.46.